The summed E-state index contributed by atoms with van der Waals surface area (Å²) in [5.41, 5.74) is 5.44. The van der Waals surface area contributed by atoms with Crippen LogP contribution < -0.4 is 10.6 Å². The third-order valence-corrected chi connectivity index (χ3v) is 2.12. The van der Waals surface area contributed by atoms with Gasteiger partial charge in [-0.15, -0.1) is 0 Å². The van der Waals surface area contributed by atoms with Gasteiger partial charge in [-0.3, -0.25) is 0 Å². The highest BCUT2D eigenvalue weighted by Crippen LogP contribution is 2.07. The molecule has 0 radical (unpaired) electrons. The van der Waals surface area contributed by atoms with E-state index in [0.29, 0.717) is 12.5 Å². The van der Waals surface area contributed by atoms with E-state index in [9.17, 15) is 4.39 Å². The third-order valence-electron chi connectivity index (χ3n) is 2.12. The third kappa shape index (κ3) is 3.04. The van der Waals surface area contributed by atoms with Gasteiger partial charge in [-0.2, -0.15) is 0 Å². The molecule has 1 aromatic rings. The first kappa shape index (κ1) is 12.2. The maximum Gasteiger partial charge on any atom is 0.225 e. The van der Waals surface area contributed by atoms with Crippen LogP contribution >= 0.6 is 0 Å². The molecule has 88 valence electrons. The van der Waals surface area contributed by atoms with E-state index in [1.807, 2.05) is 0 Å². The Morgan fingerprint density at radius 2 is 2.19 bits per heavy atom. The van der Waals surface area contributed by atoms with Crippen molar-refractivity contribution in [2.75, 3.05) is 18.5 Å². The average molecular weight is 227 g/mol. The van der Waals surface area contributed by atoms with Gasteiger partial charge in [0.05, 0.1) is 12.4 Å². The van der Waals surface area contributed by atoms with Crippen LogP contribution in [-0.2, 0) is 0 Å². The molecular formula is C9H14FN5O. The van der Waals surface area contributed by atoms with Gasteiger partial charge < -0.3 is 15.8 Å². The second-order valence-electron chi connectivity index (χ2n) is 3.51. The lowest BCUT2D eigenvalue weighted by Gasteiger charge is -2.20. The second-order valence-corrected chi connectivity index (χ2v) is 3.51. The first-order valence-electron chi connectivity index (χ1n) is 4.70. The van der Waals surface area contributed by atoms with E-state index < -0.39 is 5.82 Å². The molecule has 1 aromatic heterocycles. The second kappa shape index (κ2) is 5.24. The number of anilines is 1. The summed E-state index contributed by atoms with van der Waals surface area (Å²) in [4.78, 5) is 9.32. The average Bonchev–Trinajstić information content (AvgIpc) is 2.28. The Bertz CT molecular complexity index is 367. The van der Waals surface area contributed by atoms with Crippen molar-refractivity contribution in [3.63, 3.8) is 0 Å². The normalized spacial score (nSPS) is 13.6. The van der Waals surface area contributed by atoms with Crippen molar-refractivity contribution in [2.45, 2.75) is 6.92 Å². The maximum atomic E-state index is 12.6. The number of amidine groups is 1. The Balaban J connectivity index is 2.65. The Morgan fingerprint density at radius 3 is 2.69 bits per heavy atom. The van der Waals surface area contributed by atoms with E-state index in [2.05, 4.69) is 15.1 Å². The molecule has 0 saturated carbocycles. The number of hydrogen-bond donors (Lipinski definition) is 2. The molecule has 0 aliphatic heterocycles. The molecule has 1 rings (SSSR count). The molecule has 0 aliphatic carbocycles. The fourth-order valence-corrected chi connectivity index (χ4v) is 1.19. The zero-order valence-corrected chi connectivity index (χ0v) is 9.13. The van der Waals surface area contributed by atoms with Crippen LogP contribution in [0.4, 0.5) is 10.3 Å². The number of nitrogens with two attached hydrogens (primary N) is 1. The van der Waals surface area contributed by atoms with Crippen molar-refractivity contribution in [1.29, 1.82) is 0 Å². The molecule has 0 spiro atoms. The minimum absolute atomic E-state index is 0.133. The Morgan fingerprint density at radius 1 is 1.62 bits per heavy atom. The number of nitrogens with zero attached hydrogens (tertiary/aromatic N) is 4. The number of halogens is 1. The highest BCUT2D eigenvalue weighted by molar-refractivity contribution is 5.82. The van der Waals surface area contributed by atoms with Gasteiger partial charge in [0.2, 0.25) is 5.95 Å². The zero-order valence-electron chi connectivity index (χ0n) is 9.13. The van der Waals surface area contributed by atoms with E-state index in [1.165, 1.54) is 0 Å². The summed E-state index contributed by atoms with van der Waals surface area (Å²) < 4.78 is 12.6. The van der Waals surface area contributed by atoms with Crippen molar-refractivity contribution in [1.82, 2.24) is 9.97 Å². The Kier molecular flexibility index (Phi) is 3.98. The van der Waals surface area contributed by atoms with E-state index in [-0.39, 0.29) is 11.8 Å². The molecule has 0 fully saturated rings. The minimum Gasteiger partial charge on any atom is -0.409 e. The Hall–Kier alpha value is -1.92. The van der Waals surface area contributed by atoms with Gasteiger partial charge in [0.15, 0.2) is 5.82 Å². The number of hydrogen-bond acceptors (Lipinski definition) is 5. The summed E-state index contributed by atoms with van der Waals surface area (Å²) in [5.74, 6) is -0.113. The molecule has 7 heteroatoms. The molecule has 1 atom stereocenters. The molecule has 3 N–H and O–H groups in total. The van der Waals surface area contributed by atoms with Crippen LogP contribution in [0.2, 0.25) is 0 Å². The van der Waals surface area contributed by atoms with Gasteiger partial charge in [0.25, 0.3) is 0 Å². The standard InChI is InChI=1S/C9H14FN5O/c1-6(8(11)14-16)5-15(2)9-12-3-7(10)4-13-9/h3-4,6,16H,5H2,1-2H3,(H2,11,14). The number of aromatic nitrogens is 2. The molecule has 1 unspecified atom stereocenters. The van der Waals surface area contributed by atoms with Crippen LogP contribution in [0, 0.1) is 11.7 Å². The van der Waals surface area contributed by atoms with Crippen LogP contribution in [0.3, 0.4) is 0 Å². The summed E-state index contributed by atoms with van der Waals surface area (Å²) in [6.07, 6.45) is 2.18. The largest absolute Gasteiger partial charge is 0.409 e. The molecule has 16 heavy (non-hydrogen) atoms. The number of oxime groups is 1. The zero-order chi connectivity index (χ0) is 12.1. The summed E-state index contributed by atoms with van der Waals surface area (Å²) in [7, 11) is 1.74. The first-order chi connectivity index (χ1) is 7.54. The van der Waals surface area contributed by atoms with Gasteiger partial charge in [-0.1, -0.05) is 12.1 Å². The van der Waals surface area contributed by atoms with Crippen molar-refractivity contribution in [2.24, 2.45) is 16.8 Å². The van der Waals surface area contributed by atoms with E-state index >= 15 is 0 Å². The van der Waals surface area contributed by atoms with E-state index in [0.717, 1.165) is 12.4 Å². The molecule has 0 saturated heterocycles. The quantitative estimate of drug-likeness (QED) is 0.337. The molecule has 1 heterocycles. The van der Waals surface area contributed by atoms with Gasteiger partial charge in [-0.25, -0.2) is 14.4 Å². The Labute approximate surface area is 92.6 Å². The lowest BCUT2D eigenvalue weighted by Crippen LogP contribution is -2.33. The van der Waals surface area contributed by atoms with E-state index in [1.54, 1.807) is 18.9 Å². The fraction of sp³-hybridized carbons (Fsp3) is 0.444. The molecule has 0 bridgehead atoms. The molecule has 0 amide bonds. The smallest absolute Gasteiger partial charge is 0.225 e. The lowest BCUT2D eigenvalue weighted by molar-refractivity contribution is 0.314. The van der Waals surface area contributed by atoms with Crippen LogP contribution in [0.5, 0.6) is 0 Å². The topological polar surface area (TPSA) is 87.6 Å². The van der Waals surface area contributed by atoms with Crippen LogP contribution in [0.1, 0.15) is 6.92 Å². The first-order valence-corrected chi connectivity index (χ1v) is 4.70. The summed E-state index contributed by atoms with van der Waals surface area (Å²) in [5, 5.41) is 11.4. The monoisotopic (exact) mass is 227 g/mol. The van der Waals surface area contributed by atoms with Crippen LogP contribution in [-0.4, -0.2) is 34.6 Å². The fourth-order valence-electron chi connectivity index (χ4n) is 1.19. The van der Waals surface area contributed by atoms with Crippen LogP contribution in [0.15, 0.2) is 17.5 Å². The summed E-state index contributed by atoms with van der Waals surface area (Å²) in [6, 6.07) is 0. The van der Waals surface area contributed by atoms with Gasteiger partial charge >= 0.3 is 0 Å². The highest BCUT2D eigenvalue weighted by Gasteiger charge is 2.12. The predicted molar refractivity (Wildman–Crippen MR) is 57.8 cm³/mol. The van der Waals surface area contributed by atoms with E-state index in [4.69, 9.17) is 10.9 Å². The number of rotatable bonds is 4. The minimum atomic E-state index is -0.485. The van der Waals surface area contributed by atoms with Gasteiger partial charge in [0, 0.05) is 19.5 Å². The van der Waals surface area contributed by atoms with Crippen molar-refractivity contribution in [3.05, 3.63) is 18.2 Å². The SMILES string of the molecule is CC(CN(C)c1ncc(F)cn1)C(N)=NO. The van der Waals surface area contributed by atoms with Crippen molar-refractivity contribution < 1.29 is 9.60 Å². The predicted octanol–water partition coefficient (Wildman–Crippen LogP) is 0.434. The van der Waals surface area contributed by atoms with Crippen molar-refractivity contribution in [3.8, 4) is 0 Å². The molecule has 0 aliphatic rings. The summed E-state index contributed by atoms with van der Waals surface area (Å²) >= 11 is 0. The summed E-state index contributed by atoms with van der Waals surface area (Å²) in [6.45, 7) is 2.27. The molecule has 0 aromatic carbocycles. The molecule has 6 nitrogen and oxygen atoms in total. The highest BCUT2D eigenvalue weighted by atomic mass is 19.1. The van der Waals surface area contributed by atoms with Gasteiger partial charge in [0.1, 0.15) is 5.84 Å². The van der Waals surface area contributed by atoms with Crippen molar-refractivity contribution >= 4 is 11.8 Å². The maximum absolute atomic E-state index is 12.6. The lowest BCUT2D eigenvalue weighted by atomic mass is 10.1. The van der Waals surface area contributed by atoms with Gasteiger partial charge in [-0.05, 0) is 0 Å². The van der Waals surface area contributed by atoms with Crippen LogP contribution in [0.25, 0.3) is 0 Å². The molecular weight excluding hydrogens is 213 g/mol.